The molecule has 1 aliphatic heterocycles. The lowest BCUT2D eigenvalue weighted by Crippen LogP contribution is -2.63. The van der Waals surface area contributed by atoms with Crippen molar-refractivity contribution in [1.29, 1.82) is 0 Å². The van der Waals surface area contributed by atoms with Crippen molar-refractivity contribution < 1.29 is 14.3 Å². The Morgan fingerprint density at radius 2 is 1.96 bits per heavy atom. The monoisotopic (exact) mass is 336 g/mol. The van der Waals surface area contributed by atoms with Gasteiger partial charge in [0, 0.05) is 30.1 Å². The summed E-state index contributed by atoms with van der Waals surface area (Å²) in [5.41, 5.74) is -0.128. The molecule has 5 fully saturated rings. The Kier molecular flexibility index (Phi) is 2.85. The number of ether oxygens (including phenoxy) is 1. The summed E-state index contributed by atoms with van der Waals surface area (Å²) in [5.74, 6) is 2.40. The third-order valence-corrected chi connectivity index (χ3v) is 9.28. The summed E-state index contributed by atoms with van der Waals surface area (Å²) in [5, 5.41) is 0. The molecule has 23 heavy (non-hydrogen) atoms. The molecule has 126 valence electrons. The third kappa shape index (κ3) is 1.57. The number of Topliss-reactive ketones (excluding diaryl/α,β-unsaturated/α-hetero) is 2. The lowest BCUT2D eigenvalue weighted by Gasteiger charge is -2.60. The fourth-order valence-electron chi connectivity index (χ4n) is 7.31. The van der Waals surface area contributed by atoms with Crippen LogP contribution in [0.2, 0.25) is 0 Å². The Bertz CT molecular complexity index is 603. The zero-order valence-electron chi connectivity index (χ0n) is 13.8. The van der Waals surface area contributed by atoms with Gasteiger partial charge in [0.25, 0.3) is 0 Å². The van der Waals surface area contributed by atoms with Crippen LogP contribution in [0.4, 0.5) is 0 Å². The van der Waals surface area contributed by atoms with Crippen molar-refractivity contribution in [2.24, 2.45) is 28.6 Å². The van der Waals surface area contributed by atoms with Crippen LogP contribution in [0.1, 0.15) is 58.3 Å². The van der Waals surface area contributed by atoms with E-state index in [1.807, 2.05) is 0 Å². The van der Waals surface area contributed by atoms with E-state index < -0.39 is 4.87 Å². The number of hydrogen-bond acceptors (Lipinski definition) is 3. The second-order valence-corrected chi connectivity index (χ2v) is 9.74. The van der Waals surface area contributed by atoms with Crippen molar-refractivity contribution in [3.63, 3.8) is 0 Å². The zero-order chi connectivity index (χ0) is 16.0. The van der Waals surface area contributed by atoms with Gasteiger partial charge in [-0.15, -0.1) is 11.6 Å². The Morgan fingerprint density at radius 3 is 2.78 bits per heavy atom. The summed E-state index contributed by atoms with van der Waals surface area (Å²) in [7, 11) is 0. The number of alkyl halides is 1. The van der Waals surface area contributed by atoms with Crippen LogP contribution in [-0.4, -0.2) is 29.2 Å². The van der Waals surface area contributed by atoms with E-state index in [9.17, 15) is 9.59 Å². The first-order chi connectivity index (χ1) is 10.9. The maximum absolute atomic E-state index is 12.5. The highest BCUT2D eigenvalue weighted by atomic mass is 35.5. The quantitative estimate of drug-likeness (QED) is 0.636. The normalized spacial score (nSPS) is 57.8. The first kappa shape index (κ1) is 14.9. The van der Waals surface area contributed by atoms with Gasteiger partial charge in [0.05, 0.1) is 17.6 Å². The van der Waals surface area contributed by atoms with E-state index in [-0.39, 0.29) is 16.9 Å². The first-order valence-corrected chi connectivity index (χ1v) is 9.64. The lowest BCUT2D eigenvalue weighted by molar-refractivity contribution is -0.139. The number of hydrogen-bond donors (Lipinski definition) is 0. The van der Waals surface area contributed by atoms with Crippen molar-refractivity contribution in [1.82, 2.24) is 0 Å². The van der Waals surface area contributed by atoms with Crippen LogP contribution in [0.25, 0.3) is 0 Å². The van der Waals surface area contributed by atoms with Gasteiger partial charge in [-0.1, -0.05) is 6.92 Å². The Labute approximate surface area is 142 Å². The molecule has 0 aromatic rings. The van der Waals surface area contributed by atoms with Gasteiger partial charge >= 0.3 is 0 Å². The smallest absolute Gasteiger partial charge is 0.139 e. The molecule has 0 N–H and O–H groups in total. The van der Waals surface area contributed by atoms with Gasteiger partial charge in [0.1, 0.15) is 11.6 Å². The van der Waals surface area contributed by atoms with Crippen LogP contribution in [0.5, 0.6) is 0 Å². The fourth-order valence-corrected chi connectivity index (χ4v) is 7.90. The molecule has 0 aromatic carbocycles. The number of carbonyl (C=O) groups is 2. The average molecular weight is 337 g/mol. The lowest BCUT2D eigenvalue weighted by atomic mass is 9.45. The Morgan fingerprint density at radius 1 is 1.13 bits per heavy atom. The zero-order valence-corrected chi connectivity index (χ0v) is 14.5. The molecule has 4 saturated carbocycles. The summed E-state index contributed by atoms with van der Waals surface area (Å²) in [6.07, 6.45) is 6.90. The van der Waals surface area contributed by atoms with Gasteiger partial charge < -0.3 is 4.74 Å². The summed E-state index contributed by atoms with van der Waals surface area (Å²) < 4.78 is 6.20. The molecule has 0 unspecified atom stereocenters. The van der Waals surface area contributed by atoms with Crippen molar-refractivity contribution >= 4 is 23.2 Å². The van der Waals surface area contributed by atoms with Gasteiger partial charge in [-0.2, -0.15) is 0 Å². The van der Waals surface area contributed by atoms with E-state index in [0.29, 0.717) is 42.2 Å². The van der Waals surface area contributed by atoms with Crippen LogP contribution < -0.4 is 0 Å². The maximum Gasteiger partial charge on any atom is 0.139 e. The van der Waals surface area contributed by atoms with E-state index in [1.165, 1.54) is 0 Å². The van der Waals surface area contributed by atoms with Crippen LogP contribution >= 0.6 is 11.6 Å². The number of halogens is 1. The third-order valence-electron chi connectivity index (χ3n) is 8.53. The highest BCUT2D eigenvalue weighted by Crippen LogP contribution is 2.70. The molecule has 0 aromatic heterocycles. The minimum atomic E-state index is -0.472. The van der Waals surface area contributed by atoms with E-state index >= 15 is 0 Å². The molecule has 4 heteroatoms. The molecule has 3 nitrogen and oxygen atoms in total. The molecule has 5 rings (SSSR count). The van der Waals surface area contributed by atoms with Crippen LogP contribution in [0.15, 0.2) is 0 Å². The minimum Gasteiger partial charge on any atom is -0.376 e. The number of carbonyl (C=O) groups excluding carboxylic acids is 2. The van der Waals surface area contributed by atoms with E-state index in [2.05, 4.69) is 6.92 Å². The molecule has 0 spiro atoms. The molecule has 0 radical (unpaired) electrons. The predicted octanol–water partition coefficient (Wildman–Crippen LogP) is 3.52. The SMILES string of the molecule is C[C@]12CC[C@H]3[C@@H](C[C@H]4OC[C@@]35CCC(=O)C[C@]45Cl)[C@@H]1CCC2=O. The van der Waals surface area contributed by atoms with Crippen molar-refractivity contribution in [3.05, 3.63) is 0 Å². The Balaban J connectivity index is 1.57. The highest BCUT2D eigenvalue weighted by Gasteiger charge is 2.72. The molecular weight excluding hydrogens is 312 g/mol. The molecule has 7 atom stereocenters. The molecule has 4 aliphatic carbocycles. The average Bonchev–Trinajstić information content (AvgIpc) is 2.88. The second kappa shape index (κ2) is 4.40. The predicted molar refractivity (Wildman–Crippen MR) is 86.3 cm³/mol. The van der Waals surface area contributed by atoms with Gasteiger partial charge in [-0.05, 0) is 49.9 Å². The second-order valence-electron chi connectivity index (χ2n) is 9.06. The number of ketones is 2. The molecular formula is C19H25ClO3. The van der Waals surface area contributed by atoms with Crippen LogP contribution in [0, 0.1) is 28.6 Å². The molecule has 1 heterocycles. The number of fused-ring (bicyclic) bond motifs is 3. The van der Waals surface area contributed by atoms with Gasteiger partial charge in [0.15, 0.2) is 0 Å². The van der Waals surface area contributed by atoms with Crippen molar-refractivity contribution in [2.45, 2.75) is 69.3 Å². The van der Waals surface area contributed by atoms with Gasteiger partial charge in [0.2, 0.25) is 0 Å². The summed E-state index contributed by atoms with van der Waals surface area (Å²) >= 11 is 7.14. The van der Waals surface area contributed by atoms with Crippen molar-refractivity contribution in [3.8, 4) is 0 Å². The minimum absolute atomic E-state index is 0.00715. The number of rotatable bonds is 0. The van der Waals surface area contributed by atoms with Crippen molar-refractivity contribution in [2.75, 3.05) is 6.61 Å². The largest absolute Gasteiger partial charge is 0.376 e. The first-order valence-electron chi connectivity index (χ1n) is 9.26. The molecule has 0 amide bonds. The topological polar surface area (TPSA) is 43.4 Å². The molecule has 5 aliphatic rings. The standard InChI is InChI=1S/C19H25ClO3/c1-17-6-5-14-12(13(17)2-3-15(17)22)8-16-19(20)9-11(21)4-7-18(14,19)10-23-16/h12-14,16H,2-10H2,1H3/t12-,13-,14-,16+,17-,18-,19-/m0/s1. The molecule has 2 bridgehead atoms. The van der Waals surface area contributed by atoms with E-state index in [4.69, 9.17) is 16.3 Å². The van der Waals surface area contributed by atoms with Crippen LogP contribution in [0.3, 0.4) is 0 Å². The maximum atomic E-state index is 12.5. The summed E-state index contributed by atoms with van der Waals surface area (Å²) in [6, 6.07) is 0. The highest BCUT2D eigenvalue weighted by molar-refractivity contribution is 6.27. The van der Waals surface area contributed by atoms with E-state index in [1.54, 1.807) is 0 Å². The Hall–Kier alpha value is -0.410. The molecule has 1 saturated heterocycles. The van der Waals surface area contributed by atoms with Crippen LogP contribution in [-0.2, 0) is 14.3 Å². The summed E-state index contributed by atoms with van der Waals surface area (Å²) in [4.78, 5) is 24.1. The van der Waals surface area contributed by atoms with E-state index in [0.717, 1.165) is 45.1 Å². The van der Waals surface area contributed by atoms with Gasteiger partial charge in [-0.3, -0.25) is 9.59 Å². The van der Waals surface area contributed by atoms with Gasteiger partial charge in [-0.25, -0.2) is 0 Å². The fraction of sp³-hybridized carbons (Fsp3) is 0.895. The summed E-state index contributed by atoms with van der Waals surface area (Å²) in [6.45, 7) is 2.93.